The van der Waals surface area contributed by atoms with Crippen LogP contribution in [0.4, 0.5) is 11.6 Å². The van der Waals surface area contributed by atoms with Crippen molar-refractivity contribution in [3.05, 3.63) is 60.4 Å². The normalized spacial score (nSPS) is 16.2. The molecule has 0 amide bonds. The number of nitrogens with one attached hydrogen (secondary N) is 2. The number of anilines is 2. The fourth-order valence-electron chi connectivity index (χ4n) is 2.83. The summed E-state index contributed by atoms with van der Waals surface area (Å²) in [6.45, 7) is 1.03. The lowest BCUT2D eigenvalue weighted by Crippen LogP contribution is -2.34. The van der Waals surface area contributed by atoms with E-state index in [1.165, 1.54) is 0 Å². The number of H-pyrrole nitrogens is 1. The molecule has 1 aliphatic heterocycles. The molecule has 1 aromatic heterocycles. The second kappa shape index (κ2) is 7.15. The fourth-order valence-corrected chi connectivity index (χ4v) is 2.83. The quantitative estimate of drug-likeness (QED) is 0.652. The average molecular weight is 352 g/mol. The molecule has 0 spiro atoms. The van der Waals surface area contributed by atoms with Crippen molar-refractivity contribution in [2.24, 2.45) is 0 Å². The Bertz CT molecular complexity index is 843. The molecule has 0 atom stereocenters. The van der Waals surface area contributed by atoms with E-state index in [1.807, 2.05) is 54.6 Å². The Morgan fingerprint density at radius 3 is 2.42 bits per heavy atom. The zero-order chi connectivity index (χ0) is 17.8. The van der Waals surface area contributed by atoms with Crippen molar-refractivity contribution in [3.63, 3.8) is 0 Å². The van der Waals surface area contributed by atoms with Gasteiger partial charge in [0.2, 0.25) is 5.95 Å². The molecule has 2 heterocycles. The van der Waals surface area contributed by atoms with Gasteiger partial charge < -0.3 is 19.9 Å². The van der Waals surface area contributed by atoms with Crippen LogP contribution in [-0.2, 0) is 10.3 Å². The van der Waals surface area contributed by atoms with E-state index in [-0.39, 0.29) is 0 Å². The number of aromatic amines is 1. The van der Waals surface area contributed by atoms with E-state index in [1.54, 1.807) is 0 Å². The molecule has 0 aliphatic carbocycles. The molecule has 7 nitrogen and oxygen atoms in total. The summed E-state index contributed by atoms with van der Waals surface area (Å²) in [6, 6.07) is 17.1. The van der Waals surface area contributed by atoms with Gasteiger partial charge in [0.15, 0.2) is 5.82 Å². The maximum Gasteiger partial charge on any atom is 0.246 e. The molecule has 3 N–H and O–H groups in total. The van der Waals surface area contributed by atoms with Crippen LogP contribution in [0.3, 0.4) is 0 Å². The van der Waals surface area contributed by atoms with E-state index in [4.69, 9.17) is 9.47 Å². The number of benzene rings is 2. The highest BCUT2D eigenvalue weighted by molar-refractivity contribution is 5.54. The van der Waals surface area contributed by atoms with Crippen molar-refractivity contribution in [1.29, 1.82) is 0 Å². The Labute approximate surface area is 151 Å². The Morgan fingerprint density at radius 1 is 1.00 bits per heavy atom. The van der Waals surface area contributed by atoms with Crippen LogP contribution in [0.2, 0.25) is 0 Å². The van der Waals surface area contributed by atoms with Crippen LogP contribution in [0.15, 0.2) is 54.6 Å². The zero-order valence-corrected chi connectivity index (χ0v) is 14.2. The Hall–Kier alpha value is -2.90. The van der Waals surface area contributed by atoms with E-state index in [2.05, 4.69) is 20.5 Å². The molecule has 1 fully saturated rings. The number of rotatable bonds is 5. The first-order chi connectivity index (χ1) is 12.7. The first kappa shape index (κ1) is 16.6. The smallest absolute Gasteiger partial charge is 0.246 e. The third kappa shape index (κ3) is 3.68. The third-order valence-corrected chi connectivity index (χ3v) is 4.34. The number of hydrogen-bond acceptors (Lipinski definition) is 6. The molecule has 2 aromatic carbocycles. The highest BCUT2D eigenvalue weighted by Crippen LogP contribution is 2.30. The molecule has 4 rings (SSSR count). The van der Waals surface area contributed by atoms with Crippen molar-refractivity contribution in [2.75, 3.05) is 18.5 Å². The van der Waals surface area contributed by atoms with Crippen molar-refractivity contribution >= 4 is 11.6 Å². The predicted octanol–water partition coefficient (Wildman–Crippen LogP) is 3.34. The van der Waals surface area contributed by atoms with Crippen molar-refractivity contribution in [3.8, 4) is 11.5 Å². The summed E-state index contributed by atoms with van der Waals surface area (Å²) in [7, 11) is 0. The predicted molar refractivity (Wildman–Crippen MR) is 96.6 cm³/mol. The molecule has 0 bridgehead atoms. The summed E-state index contributed by atoms with van der Waals surface area (Å²) in [5.74, 6) is 2.41. The lowest BCUT2D eigenvalue weighted by Gasteiger charge is -2.29. The number of ether oxygens (including phenoxy) is 2. The summed E-state index contributed by atoms with van der Waals surface area (Å²) in [6.07, 6.45) is 1.01. The van der Waals surface area contributed by atoms with E-state index in [0.717, 1.165) is 17.2 Å². The number of para-hydroxylation sites is 1. The van der Waals surface area contributed by atoms with Gasteiger partial charge in [0, 0.05) is 31.7 Å². The maximum absolute atomic E-state index is 10.6. The number of nitrogens with zero attached hydrogens (tertiary/aromatic N) is 2. The fraction of sp³-hybridized carbons (Fsp3) is 0.263. The van der Waals surface area contributed by atoms with Gasteiger partial charge in [-0.05, 0) is 36.4 Å². The third-order valence-electron chi connectivity index (χ3n) is 4.34. The highest BCUT2D eigenvalue weighted by atomic mass is 16.5. The van der Waals surface area contributed by atoms with E-state index in [0.29, 0.717) is 37.8 Å². The molecule has 0 unspecified atom stereocenters. The Morgan fingerprint density at radius 2 is 1.69 bits per heavy atom. The van der Waals surface area contributed by atoms with Crippen molar-refractivity contribution < 1.29 is 14.6 Å². The first-order valence-electron chi connectivity index (χ1n) is 8.54. The van der Waals surface area contributed by atoms with Crippen LogP contribution in [0.1, 0.15) is 18.7 Å². The van der Waals surface area contributed by atoms with Crippen molar-refractivity contribution in [2.45, 2.75) is 18.4 Å². The van der Waals surface area contributed by atoms with E-state index < -0.39 is 5.60 Å². The van der Waals surface area contributed by atoms with Crippen LogP contribution < -0.4 is 10.1 Å². The molecule has 3 aromatic rings. The average Bonchev–Trinajstić information content (AvgIpc) is 3.14. The molecule has 7 heteroatoms. The minimum atomic E-state index is -1.00. The SMILES string of the molecule is OC1(c2nc(Nc3ccc(Oc4ccccc4)cc3)n[nH]2)CCOCC1. The zero-order valence-electron chi connectivity index (χ0n) is 14.2. The minimum absolute atomic E-state index is 0.414. The summed E-state index contributed by atoms with van der Waals surface area (Å²) >= 11 is 0. The van der Waals surface area contributed by atoms with Gasteiger partial charge in [0.25, 0.3) is 0 Å². The molecular formula is C19H20N4O3. The van der Waals surface area contributed by atoms with Crippen LogP contribution in [0.5, 0.6) is 11.5 Å². The largest absolute Gasteiger partial charge is 0.457 e. The molecular weight excluding hydrogens is 332 g/mol. The minimum Gasteiger partial charge on any atom is -0.457 e. The number of aromatic nitrogens is 3. The number of hydrogen-bond donors (Lipinski definition) is 3. The standard InChI is InChI=1S/C19H20N4O3/c24-19(10-12-25-13-11-19)17-21-18(23-22-17)20-14-6-8-16(9-7-14)26-15-4-2-1-3-5-15/h1-9,24H,10-13H2,(H2,20,21,22,23). The van der Waals surface area contributed by atoms with Gasteiger partial charge in [-0.2, -0.15) is 4.98 Å². The van der Waals surface area contributed by atoms with Gasteiger partial charge in [-0.15, -0.1) is 5.10 Å². The molecule has 26 heavy (non-hydrogen) atoms. The Kier molecular flexibility index (Phi) is 4.55. The van der Waals surface area contributed by atoms with Crippen LogP contribution >= 0.6 is 0 Å². The topological polar surface area (TPSA) is 92.3 Å². The van der Waals surface area contributed by atoms with Gasteiger partial charge in [-0.1, -0.05) is 18.2 Å². The van der Waals surface area contributed by atoms with Crippen LogP contribution in [0.25, 0.3) is 0 Å². The lowest BCUT2D eigenvalue weighted by molar-refractivity contribution is -0.0731. The monoisotopic (exact) mass is 352 g/mol. The summed E-state index contributed by atoms with van der Waals surface area (Å²) in [5.41, 5.74) is -0.173. The Balaban J connectivity index is 1.41. The summed E-state index contributed by atoms with van der Waals surface area (Å²) < 4.78 is 11.1. The molecule has 0 saturated carbocycles. The van der Waals surface area contributed by atoms with Gasteiger partial charge in [0.1, 0.15) is 17.1 Å². The van der Waals surface area contributed by atoms with E-state index in [9.17, 15) is 5.11 Å². The van der Waals surface area contributed by atoms with Gasteiger partial charge >= 0.3 is 0 Å². The van der Waals surface area contributed by atoms with Crippen LogP contribution in [0, 0.1) is 0 Å². The number of aliphatic hydroxyl groups is 1. The van der Waals surface area contributed by atoms with Crippen LogP contribution in [-0.4, -0.2) is 33.5 Å². The molecule has 0 radical (unpaired) electrons. The second-order valence-corrected chi connectivity index (χ2v) is 6.22. The maximum atomic E-state index is 10.6. The van der Waals surface area contributed by atoms with Gasteiger partial charge in [-0.25, -0.2) is 0 Å². The lowest BCUT2D eigenvalue weighted by atomic mass is 9.94. The second-order valence-electron chi connectivity index (χ2n) is 6.22. The summed E-state index contributed by atoms with van der Waals surface area (Å²) in [5, 5.41) is 20.7. The van der Waals surface area contributed by atoms with E-state index >= 15 is 0 Å². The van der Waals surface area contributed by atoms with Gasteiger partial charge in [0.05, 0.1) is 0 Å². The molecule has 1 saturated heterocycles. The van der Waals surface area contributed by atoms with Gasteiger partial charge in [-0.3, -0.25) is 5.10 Å². The molecule has 134 valence electrons. The van der Waals surface area contributed by atoms with Crippen molar-refractivity contribution in [1.82, 2.24) is 15.2 Å². The highest BCUT2D eigenvalue weighted by Gasteiger charge is 2.35. The molecule has 1 aliphatic rings. The summed E-state index contributed by atoms with van der Waals surface area (Å²) in [4.78, 5) is 4.38. The first-order valence-corrected chi connectivity index (χ1v) is 8.54.